The van der Waals surface area contributed by atoms with E-state index in [1.165, 1.54) is 19.3 Å². The molecule has 140 valence electrons. The van der Waals surface area contributed by atoms with Gasteiger partial charge in [0.25, 0.3) is 0 Å². The van der Waals surface area contributed by atoms with E-state index in [9.17, 15) is 0 Å². The molecule has 0 bridgehead atoms. The van der Waals surface area contributed by atoms with Crippen molar-refractivity contribution in [2.45, 2.75) is 32.1 Å². The number of nitrogens with zero attached hydrogens (tertiary/aromatic N) is 2. The number of rotatable bonds is 9. The first kappa shape index (κ1) is 17.6. The van der Waals surface area contributed by atoms with Gasteiger partial charge in [0.2, 0.25) is 0 Å². The Labute approximate surface area is 155 Å². The highest BCUT2D eigenvalue weighted by molar-refractivity contribution is 5.60. The Kier molecular flexibility index (Phi) is 5.87. The van der Waals surface area contributed by atoms with Gasteiger partial charge in [-0.3, -0.25) is 4.90 Å². The lowest BCUT2D eigenvalue weighted by molar-refractivity contribution is 0.0368. The minimum atomic E-state index is 0.763. The number of hydrogen-bond acceptors (Lipinski definition) is 5. The molecule has 1 aliphatic carbocycles. The monoisotopic (exact) mass is 356 g/mol. The van der Waals surface area contributed by atoms with E-state index in [0.717, 1.165) is 81.0 Å². The van der Waals surface area contributed by atoms with Crippen molar-refractivity contribution in [3.05, 3.63) is 36.4 Å². The number of oxazole rings is 1. The zero-order valence-corrected chi connectivity index (χ0v) is 15.4. The first-order chi connectivity index (χ1) is 12.9. The van der Waals surface area contributed by atoms with Crippen molar-refractivity contribution in [2.24, 2.45) is 5.92 Å². The molecule has 1 aromatic heterocycles. The lowest BCUT2D eigenvalue weighted by atomic mass is 10.1. The van der Waals surface area contributed by atoms with E-state index < -0.39 is 0 Å². The molecular weight excluding hydrogens is 328 g/mol. The molecule has 2 fully saturated rings. The Morgan fingerprint density at radius 2 is 1.88 bits per heavy atom. The Morgan fingerprint density at radius 3 is 2.65 bits per heavy atom. The van der Waals surface area contributed by atoms with Crippen molar-refractivity contribution < 1.29 is 13.9 Å². The van der Waals surface area contributed by atoms with Gasteiger partial charge >= 0.3 is 0 Å². The Morgan fingerprint density at radius 1 is 1.08 bits per heavy atom. The van der Waals surface area contributed by atoms with Gasteiger partial charge in [-0.2, -0.15) is 0 Å². The molecule has 0 radical (unpaired) electrons. The summed E-state index contributed by atoms with van der Waals surface area (Å²) in [4.78, 5) is 6.86. The Hall–Kier alpha value is -1.85. The largest absolute Gasteiger partial charge is 0.494 e. The average molecular weight is 356 g/mol. The topological polar surface area (TPSA) is 47.7 Å². The van der Waals surface area contributed by atoms with Gasteiger partial charge in [-0.1, -0.05) is 0 Å². The highest BCUT2D eigenvalue weighted by Gasteiger charge is 2.25. The van der Waals surface area contributed by atoms with E-state index in [0.29, 0.717) is 0 Å². The maximum absolute atomic E-state index is 5.88. The number of hydrogen-bond donors (Lipinski definition) is 0. The zero-order valence-electron chi connectivity index (χ0n) is 15.4. The van der Waals surface area contributed by atoms with E-state index in [-0.39, 0.29) is 0 Å². The third kappa shape index (κ3) is 4.86. The molecule has 2 aromatic rings. The van der Waals surface area contributed by atoms with Gasteiger partial charge in [0, 0.05) is 18.7 Å². The van der Waals surface area contributed by atoms with Gasteiger partial charge in [0.15, 0.2) is 12.2 Å². The fraction of sp³-hybridized carbons (Fsp3) is 0.571. The fourth-order valence-electron chi connectivity index (χ4n) is 3.40. The van der Waals surface area contributed by atoms with Crippen LogP contribution in [0.4, 0.5) is 0 Å². The fourth-order valence-corrected chi connectivity index (χ4v) is 3.40. The number of morpholine rings is 1. The molecule has 4 rings (SSSR count). The van der Waals surface area contributed by atoms with Crippen LogP contribution in [0.15, 0.2) is 35.1 Å². The number of aromatic nitrogens is 1. The molecular formula is C21H28N2O3. The molecule has 1 aliphatic heterocycles. The summed E-state index contributed by atoms with van der Waals surface area (Å²) in [6.45, 7) is 5.77. The standard InChI is InChI=1S/C21H28N2O3/c1(9-23-10-13-24-14-11-23)2-12-25-19-7-5-18(6-8-19)21-20(22-16-26-21)15-17-3-4-17/h5-8,16-17H,1-4,9-15H2. The molecule has 0 unspecified atom stereocenters. The van der Waals surface area contributed by atoms with Crippen LogP contribution in [0.2, 0.25) is 0 Å². The van der Waals surface area contributed by atoms with Crippen molar-refractivity contribution in [1.29, 1.82) is 0 Å². The van der Waals surface area contributed by atoms with Crippen molar-refractivity contribution in [3.63, 3.8) is 0 Å². The molecule has 0 amide bonds. The van der Waals surface area contributed by atoms with Gasteiger partial charge in [0.05, 0.1) is 25.5 Å². The molecule has 1 saturated heterocycles. The summed E-state index contributed by atoms with van der Waals surface area (Å²) in [5, 5.41) is 0. The van der Waals surface area contributed by atoms with E-state index in [2.05, 4.69) is 22.0 Å². The minimum Gasteiger partial charge on any atom is -0.494 e. The summed E-state index contributed by atoms with van der Waals surface area (Å²) in [5.74, 6) is 2.64. The van der Waals surface area contributed by atoms with Gasteiger partial charge < -0.3 is 13.9 Å². The van der Waals surface area contributed by atoms with Crippen LogP contribution >= 0.6 is 0 Å². The lowest BCUT2D eigenvalue weighted by Crippen LogP contribution is -2.36. The SMILES string of the molecule is c1nc(CC2CC2)c(-c2ccc(OCCCCN3CCOCC3)cc2)o1. The van der Waals surface area contributed by atoms with Crippen LogP contribution in [-0.2, 0) is 11.2 Å². The second kappa shape index (κ2) is 8.69. The van der Waals surface area contributed by atoms with Crippen LogP contribution in [0.3, 0.4) is 0 Å². The van der Waals surface area contributed by atoms with Gasteiger partial charge in [-0.25, -0.2) is 4.98 Å². The minimum absolute atomic E-state index is 0.763. The second-order valence-corrected chi connectivity index (χ2v) is 7.31. The molecule has 1 aromatic carbocycles. The van der Waals surface area contributed by atoms with Gasteiger partial charge in [-0.05, 0) is 68.8 Å². The van der Waals surface area contributed by atoms with Gasteiger partial charge in [0.1, 0.15) is 5.75 Å². The summed E-state index contributed by atoms with van der Waals surface area (Å²) in [6, 6.07) is 8.20. The zero-order chi connectivity index (χ0) is 17.6. The molecule has 26 heavy (non-hydrogen) atoms. The summed E-state index contributed by atoms with van der Waals surface area (Å²) in [7, 11) is 0. The molecule has 0 N–H and O–H groups in total. The third-order valence-corrected chi connectivity index (χ3v) is 5.18. The molecule has 5 nitrogen and oxygen atoms in total. The van der Waals surface area contributed by atoms with E-state index >= 15 is 0 Å². The Balaban J connectivity index is 1.21. The summed E-state index contributed by atoms with van der Waals surface area (Å²) in [5.41, 5.74) is 2.17. The first-order valence-electron chi connectivity index (χ1n) is 9.84. The molecule has 2 heterocycles. The maximum atomic E-state index is 5.88. The highest BCUT2D eigenvalue weighted by Crippen LogP contribution is 2.35. The molecule has 0 spiro atoms. The first-order valence-corrected chi connectivity index (χ1v) is 9.84. The molecule has 2 aliphatic rings. The molecule has 1 saturated carbocycles. The van der Waals surface area contributed by atoms with E-state index in [1.54, 1.807) is 6.39 Å². The van der Waals surface area contributed by atoms with Crippen molar-refractivity contribution >= 4 is 0 Å². The normalized spacial score (nSPS) is 18.2. The van der Waals surface area contributed by atoms with Gasteiger partial charge in [-0.15, -0.1) is 0 Å². The summed E-state index contributed by atoms with van der Waals surface area (Å²) < 4.78 is 16.9. The molecule has 0 atom stereocenters. The van der Waals surface area contributed by atoms with Crippen molar-refractivity contribution in [2.75, 3.05) is 39.5 Å². The average Bonchev–Trinajstić information content (AvgIpc) is 3.38. The number of ether oxygens (including phenoxy) is 2. The highest BCUT2D eigenvalue weighted by atomic mass is 16.5. The maximum Gasteiger partial charge on any atom is 0.181 e. The third-order valence-electron chi connectivity index (χ3n) is 5.18. The summed E-state index contributed by atoms with van der Waals surface area (Å²) in [6.07, 6.45) is 7.49. The second-order valence-electron chi connectivity index (χ2n) is 7.31. The van der Waals surface area contributed by atoms with E-state index in [1.807, 2.05) is 12.1 Å². The summed E-state index contributed by atoms with van der Waals surface area (Å²) >= 11 is 0. The van der Waals surface area contributed by atoms with Crippen LogP contribution in [0.5, 0.6) is 5.75 Å². The van der Waals surface area contributed by atoms with Crippen LogP contribution in [0.1, 0.15) is 31.4 Å². The molecule has 5 heteroatoms. The quantitative estimate of drug-likeness (QED) is 0.640. The predicted octanol–water partition coefficient (Wildman–Crippen LogP) is 3.79. The Bertz CT molecular complexity index is 673. The van der Waals surface area contributed by atoms with Crippen molar-refractivity contribution in [3.8, 4) is 17.1 Å². The number of benzene rings is 1. The predicted molar refractivity (Wildman–Crippen MR) is 100 cm³/mol. The van der Waals surface area contributed by atoms with Crippen LogP contribution in [-0.4, -0.2) is 49.3 Å². The number of unbranched alkanes of at least 4 members (excludes halogenated alkanes) is 1. The van der Waals surface area contributed by atoms with Crippen molar-refractivity contribution in [1.82, 2.24) is 9.88 Å². The van der Waals surface area contributed by atoms with Crippen LogP contribution < -0.4 is 4.74 Å². The van der Waals surface area contributed by atoms with E-state index in [4.69, 9.17) is 13.9 Å². The lowest BCUT2D eigenvalue weighted by Gasteiger charge is -2.26. The van der Waals surface area contributed by atoms with Crippen LogP contribution in [0, 0.1) is 5.92 Å². The van der Waals surface area contributed by atoms with Crippen LogP contribution in [0.25, 0.3) is 11.3 Å². The smallest absolute Gasteiger partial charge is 0.181 e.